The molecule has 0 unspecified atom stereocenters. The molecule has 1 atom stereocenters. The maximum absolute atomic E-state index is 12.8. The highest BCUT2D eigenvalue weighted by atomic mass is 16.2. The molecule has 28 heavy (non-hydrogen) atoms. The highest BCUT2D eigenvalue weighted by Crippen LogP contribution is 2.28. The molecular formula is C20H21N5O3. The molecule has 2 aliphatic heterocycles. The summed E-state index contributed by atoms with van der Waals surface area (Å²) < 4.78 is 1.80. The number of hydrogen-bond donors (Lipinski definition) is 2. The maximum atomic E-state index is 12.8. The van der Waals surface area contributed by atoms with Crippen molar-refractivity contribution in [2.75, 3.05) is 6.54 Å². The van der Waals surface area contributed by atoms with Crippen molar-refractivity contribution < 1.29 is 14.4 Å². The van der Waals surface area contributed by atoms with Crippen LogP contribution in [-0.2, 0) is 17.9 Å². The summed E-state index contributed by atoms with van der Waals surface area (Å²) in [5, 5.41) is 10.2. The van der Waals surface area contributed by atoms with Gasteiger partial charge >= 0.3 is 0 Å². The van der Waals surface area contributed by atoms with Gasteiger partial charge in [-0.25, -0.2) is 0 Å². The first-order valence-electron chi connectivity index (χ1n) is 9.63. The molecule has 3 heterocycles. The van der Waals surface area contributed by atoms with Crippen molar-refractivity contribution in [1.82, 2.24) is 25.3 Å². The van der Waals surface area contributed by atoms with Crippen LogP contribution in [0.15, 0.2) is 30.3 Å². The lowest BCUT2D eigenvalue weighted by Crippen LogP contribution is -2.39. The third-order valence-electron chi connectivity index (χ3n) is 5.56. The quantitative estimate of drug-likeness (QED) is 0.828. The van der Waals surface area contributed by atoms with Gasteiger partial charge in [0.15, 0.2) is 5.69 Å². The zero-order chi connectivity index (χ0) is 19.3. The number of aromatic nitrogens is 2. The molecule has 8 nitrogen and oxygen atoms in total. The van der Waals surface area contributed by atoms with Crippen LogP contribution < -0.4 is 10.6 Å². The maximum Gasteiger partial charge on any atom is 0.272 e. The van der Waals surface area contributed by atoms with Crippen molar-refractivity contribution in [2.24, 2.45) is 0 Å². The summed E-state index contributed by atoms with van der Waals surface area (Å²) in [5.74, 6) is -0.289. The number of rotatable bonds is 4. The van der Waals surface area contributed by atoms with Gasteiger partial charge in [-0.15, -0.1) is 0 Å². The third-order valence-corrected chi connectivity index (χ3v) is 5.56. The molecule has 1 aromatic carbocycles. The molecule has 0 spiro atoms. The number of hydrogen-bond acceptors (Lipinski definition) is 4. The van der Waals surface area contributed by atoms with Crippen LogP contribution in [-0.4, -0.2) is 45.0 Å². The second-order valence-corrected chi connectivity index (χ2v) is 7.62. The van der Waals surface area contributed by atoms with Gasteiger partial charge in [-0.2, -0.15) is 5.10 Å². The average molecular weight is 379 g/mol. The van der Waals surface area contributed by atoms with Crippen molar-refractivity contribution >= 4 is 17.7 Å². The largest absolute Gasteiger partial charge is 0.348 e. The Morgan fingerprint density at radius 3 is 2.86 bits per heavy atom. The average Bonchev–Trinajstić information content (AvgIpc) is 3.31. The van der Waals surface area contributed by atoms with Crippen LogP contribution in [0, 0.1) is 0 Å². The van der Waals surface area contributed by atoms with E-state index in [1.54, 1.807) is 21.7 Å². The first-order chi connectivity index (χ1) is 13.6. The normalized spacial score (nSPS) is 20.4. The fraction of sp³-hybridized carbons (Fsp3) is 0.400. The summed E-state index contributed by atoms with van der Waals surface area (Å²) in [4.78, 5) is 38.9. The molecule has 0 bridgehead atoms. The monoisotopic (exact) mass is 379 g/mol. The van der Waals surface area contributed by atoms with E-state index in [0.717, 1.165) is 24.1 Å². The molecule has 1 aromatic heterocycles. The van der Waals surface area contributed by atoms with Crippen LogP contribution >= 0.6 is 0 Å². The standard InChI is InChI=1S/C20H21N5O3/c26-18(10-16-14-3-1-2-4-15(14)19(27)22-16)24-7-8-25-13(11-24)9-17(23-25)20(28)21-12-5-6-12/h1-4,9,12,16H,5-8,10-11H2,(H,21,28)(H,22,27)/t16-/m0/s1. The van der Waals surface area contributed by atoms with Crippen LogP contribution in [0.2, 0.25) is 0 Å². The Morgan fingerprint density at radius 2 is 2.04 bits per heavy atom. The Kier molecular flexibility index (Phi) is 3.92. The van der Waals surface area contributed by atoms with E-state index in [9.17, 15) is 14.4 Å². The first kappa shape index (κ1) is 17.0. The predicted molar refractivity (Wildman–Crippen MR) is 99.4 cm³/mol. The van der Waals surface area contributed by atoms with Crippen molar-refractivity contribution in [3.63, 3.8) is 0 Å². The van der Waals surface area contributed by atoms with E-state index in [1.165, 1.54) is 0 Å². The van der Waals surface area contributed by atoms with Crippen LogP contribution in [0.1, 0.15) is 57.4 Å². The molecule has 1 fully saturated rings. The number of nitrogens with zero attached hydrogens (tertiary/aromatic N) is 3. The number of fused-ring (bicyclic) bond motifs is 2. The van der Waals surface area contributed by atoms with Gasteiger partial charge in [0.25, 0.3) is 11.8 Å². The van der Waals surface area contributed by atoms with E-state index in [0.29, 0.717) is 30.9 Å². The van der Waals surface area contributed by atoms with E-state index in [4.69, 9.17) is 0 Å². The molecular weight excluding hydrogens is 358 g/mol. The number of benzene rings is 1. The van der Waals surface area contributed by atoms with E-state index >= 15 is 0 Å². The summed E-state index contributed by atoms with van der Waals surface area (Å²) in [5.41, 5.74) is 2.79. The van der Waals surface area contributed by atoms with E-state index in [2.05, 4.69) is 15.7 Å². The minimum atomic E-state index is -0.289. The zero-order valence-corrected chi connectivity index (χ0v) is 15.4. The Labute approximate surface area is 161 Å². The van der Waals surface area contributed by atoms with Gasteiger partial charge in [0.1, 0.15) is 0 Å². The molecule has 3 aliphatic rings. The van der Waals surface area contributed by atoms with Crippen molar-refractivity contribution in [3.05, 3.63) is 52.8 Å². The van der Waals surface area contributed by atoms with Crippen LogP contribution in [0.4, 0.5) is 0 Å². The minimum Gasteiger partial charge on any atom is -0.348 e. The fourth-order valence-electron chi connectivity index (χ4n) is 3.86. The Bertz CT molecular complexity index is 978. The van der Waals surface area contributed by atoms with Crippen molar-refractivity contribution in [2.45, 2.75) is 44.4 Å². The smallest absolute Gasteiger partial charge is 0.272 e. The lowest BCUT2D eigenvalue weighted by Gasteiger charge is -2.28. The summed E-state index contributed by atoms with van der Waals surface area (Å²) >= 11 is 0. The highest BCUT2D eigenvalue weighted by Gasteiger charge is 2.32. The topological polar surface area (TPSA) is 96.3 Å². The molecule has 2 N–H and O–H groups in total. The van der Waals surface area contributed by atoms with E-state index in [-0.39, 0.29) is 36.2 Å². The zero-order valence-electron chi connectivity index (χ0n) is 15.4. The predicted octanol–water partition coefficient (Wildman–Crippen LogP) is 0.992. The summed E-state index contributed by atoms with van der Waals surface area (Å²) in [6.07, 6.45) is 2.29. The number of carbonyl (C=O) groups excluding carboxylic acids is 3. The van der Waals surface area contributed by atoms with Gasteiger partial charge in [-0.1, -0.05) is 18.2 Å². The van der Waals surface area contributed by atoms with E-state index in [1.807, 2.05) is 18.2 Å². The number of amides is 3. The van der Waals surface area contributed by atoms with Crippen molar-refractivity contribution in [3.8, 4) is 0 Å². The highest BCUT2D eigenvalue weighted by molar-refractivity contribution is 5.99. The molecule has 8 heteroatoms. The van der Waals surface area contributed by atoms with Crippen molar-refractivity contribution in [1.29, 1.82) is 0 Å². The van der Waals surface area contributed by atoms with Crippen LogP contribution in [0.25, 0.3) is 0 Å². The fourth-order valence-corrected chi connectivity index (χ4v) is 3.86. The molecule has 2 aromatic rings. The Balaban J connectivity index is 1.26. The second-order valence-electron chi connectivity index (χ2n) is 7.62. The van der Waals surface area contributed by atoms with Gasteiger partial charge in [-0.3, -0.25) is 19.1 Å². The van der Waals surface area contributed by atoms with Gasteiger partial charge in [-0.05, 0) is 30.5 Å². The minimum absolute atomic E-state index is 0.0153. The number of carbonyl (C=O) groups is 3. The third kappa shape index (κ3) is 3.04. The van der Waals surface area contributed by atoms with Gasteiger partial charge < -0.3 is 15.5 Å². The second kappa shape index (κ2) is 6.47. The van der Waals surface area contributed by atoms with Gasteiger partial charge in [0.05, 0.1) is 31.2 Å². The van der Waals surface area contributed by atoms with E-state index < -0.39 is 0 Å². The molecule has 3 amide bonds. The Morgan fingerprint density at radius 1 is 1.21 bits per heavy atom. The molecule has 5 rings (SSSR count). The van der Waals surface area contributed by atoms with Gasteiger partial charge in [0, 0.05) is 18.2 Å². The summed E-state index contributed by atoms with van der Waals surface area (Å²) in [6.45, 7) is 1.52. The number of nitrogens with one attached hydrogen (secondary N) is 2. The molecule has 1 saturated carbocycles. The first-order valence-corrected chi connectivity index (χ1v) is 9.63. The lowest BCUT2D eigenvalue weighted by molar-refractivity contribution is -0.133. The van der Waals surface area contributed by atoms with Crippen LogP contribution in [0.3, 0.4) is 0 Å². The molecule has 144 valence electrons. The van der Waals surface area contributed by atoms with Crippen LogP contribution in [0.5, 0.6) is 0 Å². The lowest BCUT2D eigenvalue weighted by atomic mass is 10.0. The molecule has 0 saturated heterocycles. The molecule has 0 radical (unpaired) electrons. The van der Waals surface area contributed by atoms with Gasteiger partial charge in [0.2, 0.25) is 5.91 Å². The summed E-state index contributed by atoms with van der Waals surface area (Å²) in [7, 11) is 0. The summed E-state index contributed by atoms with van der Waals surface area (Å²) in [6, 6.07) is 9.14. The SMILES string of the molecule is O=C(NC1CC1)c1cc2n(n1)CCN(C(=O)C[C@@H]1NC(=O)c3ccccc31)C2. The Hall–Kier alpha value is -3.16. The molecule has 1 aliphatic carbocycles.